The van der Waals surface area contributed by atoms with Crippen molar-refractivity contribution in [1.82, 2.24) is 0 Å². The van der Waals surface area contributed by atoms with Crippen molar-refractivity contribution in [1.29, 1.82) is 0 Å². The van der Waals surface area contributed by atoms with Gasteiger partial charge in [-0.15, -0.1) is 0 Å². The third-order valence-electron chi connectivity index (χ3n) is 2.34. The van der Waals surface area contributed by atoms with Crippen LogP contribution in [-0.4, -0.2) is 24.8 Å². The molecule has 0 bridgehead atoms. The minimum Gasteiger partial charge on any atom is -0.396 e. The summed E-state index contributed by atoms with van der Waals surface area (Å²) in [6, 6.07) is 4.78. The van der Waals surface area contributed by atoms with E-state index >= 15 is 0 Å². The summed E-state index contributed by atoms with van der Waals surface area (Å²) < 4.78 is 13.2. The van der Waals surface area contributed by atoms with E-state index in [1.165, 1.54) is 6.07 Å². The second-order valence-electron chi connectivity index (χ2n) is 3.33. The summed E-state index contributed by atoms with van der Waals surface area (Å²) in [6.07, 6.45) is 0.657. The van der Waals surface area contributed by atoms with Crippen molar-refractivity contribution in [3.8, 4) is 0 Å². The predicted molar refractivity (Wildman–Crippen MR) is 60.4 cm³/mol. The van der Waals surface area contributed by atoms with E-state index < -0.39 is 5.82 Å². The predicted octanol–water partition coefficient (Wildman–Crippen LogP) is 1.62. The number of para-hydroxylation sites is 1. The van der Waals surface area contributed by atoms with Crippen molar-refractivity contribution in [2.75, 3.05) is 30.3 Å². The van der Waals surface area contributed by atoms with Crippen LogP contribution in [0, 0.1) is 5.82 Å². The number of rotatable bonds is 5. The molecule has 1 aromatic carbocycles. The molecule has 0 fully saturated rings. The second kappa shape index (κ2) is 5.56. The maximum Gasteiger partial charge on any atom is 0.148 e. The van der Waals surface area contributed by atoms with Crippen molar-refractivity contribution in [3.05, 3.63) is 24.0 Å². The standard InChI is InChI=1S/C11H17FN2O/c1-2-14(7-4-8-15)10-6-3-5-9(12)11(10)13/h3,5-6,15H,2,4,7-8,13H2,1H3. The number of nitrogens with zero attached hydrogens (tertiary/aromatic N) is 1. The second-order valence-corrected chi connectivity index (χ2v) is 3.33. The summed E-state index contributed by atoms with van der Waals surface area (Å²) in [5.74, 6) is -0.394. The largest absolute Gasteiger partial charge is 0.396 e. The van der Waals surface area contributed by atoms with Gasteiger partial charge in [0.1, 0.15) is 5.82 Å². The van der Waals surface area contributed by atoms with Gasteiger partial charge in [0.25, 0.3) is 0 Å². The summed E-state index contributed by atoms with van der Waals surface area (Å²) >= 11 is 0. The molecule has 3 nitrogen and oxygen atoms in total. The molecule has 0 saturated heterocycles. The molecule has 0 atom stereocenters. The van der Waals surface area contributed by atoms with Crippen LogP contribution in [0.4, 0.5) is 15.8 Å². The first kappa shape index (κ1) is 11.8. The Morgan fingerprint density at radius 2 is 2.20 bits per heavy atom. The lowest BCUT2D eigenvalue weighted by atomic mass is 10.2. The summed E-state index contributed by atoms with van der Waals surface area (Å²) in [6.45, 7) is 3.53. The number of anilines is 2. The van der Waals surface area contributed by atoms with Crippen LogP contribution in [0.1, 0.15) is 13.3 Å². The topological polar surface area (TPSA) is 49.5 Å². The van der Waals surface area contributed by atoms with Crippen LogP contribution in [0.2, 0.25) is 0 Å². The lowest BCUT2D eigenvalue weighted by Gasteiger charge is -2.24. The molecule has 0 amide bonds. The summed E-state index contributed by atoms with van der Waals surface area (Å²) in [4.78, 5) is 1.95. The number of nitrogens with two attached hydrogens (primary N) is 1. The molecule has 0 aliphatic heterocycles. The number of nitrogen functional groups attached to an aromatic ring is 1. The summed E-state index contributed by atoms with van der Waals surface area (Å²) in [7, 11) is 0. The lowest BCUT2D eigenvalue weighted by Crippen LogP contribution is -2.25. The fraction of sp³-hybridized carbons (Fsp3) is 0.455. The van der Waals surface area contributed by atoms with Crippen LogP contribution in [0.5, 0.6) is 0 Å². The van der Waals surface area contributed by atoms with Gasteiger partial charge in [-0.05, 0) is 25.5 Å². The number of benzene rings is 1. The van der Waals surface area contributed by atoms with Crippen molar-refractivity contribution >= 4 is 11.4 Å². The van der Waals surface area contributed by atoms with Crippen molar-refractivity contribution in [2.24, 2.45) is 0 Å². The smallest absolute Gasteiger partial charge is 0.148 e. The van der Waals surface area contributed by atoms with E-state index in [2.05, 4.69) is 0 Å². The number of halogens is 1. The van der Waals surface area contributed by atoms with Crippen LogP contribution in [0.3, 0.4) is 0 Å². The minimum absolute atomic E-state index is 0.131. The molecule has 1 aromatic rings. The highest BCUT2D eigenvalue weighted by Crippen LogP contribution is 2.25. The average Bonchev–Trinajstić information content (AvgIpc) is 2.25. The van der Waals surface area contributed by atoms with Gasteiger partial charge in [-0.25, -0.2) is 4.39 Å². The number of aliphatic hydroxyl groups is 1. The Morgan fingerprint density at radius 1 is 1.47 bits per heavy atom. The zero-order chi connectivity index (χ0) is 11.3. The van der Waals surface area contributed by atoms with Crippen LogP contribution in [-0.2, 0) is 0 Å². The highest BCUT2D eigenvalue weighted by Gasteiger charge is 2.10. The fourth-order valence-corrected chi connectivity index (χ4v) is 1.51. The van der Waals surface area contributed by atoms with Crippen molar-refractivity contribution < 1.29 is 9.50 Å². The maximum absolute atomic E-state index is 13.2. The first-order chi connectivity index (χ1) is 7.20. The van der Waals surface area contributed by atoms with E-state index in [1.54, 1.807) is 12.1 Å². The Bertz CT molecular complexity index is 317. The van der Waals surface area contributed by atoms with E-state index in [4.69, 9.17) is 10.8 Å². The SMILES string of the molecule is CCN(CCCO)c1cccc(F)c1N. The Morgan fingerprint density at radius 3 is 2.80 bits per heavy atom. The highest BCUT2D eigenvalue weighted by atomic mass is 19.1. The zero-order valence-corrected chi connectivity index (χ0v) is 8.91. The van der Waals surface area contributed by atoms with E-state index in [0.717, 1.165) is 6.54 Å². The highest BCUT2D eigenvalue weighted by molar-refractivity contribution is 5.67. The van der Waals surface area contributed by atoms with Gasteiger partial charge in [-0.2, -0.15) is 0 Å². The van der Waals surface area contributed by atoms with Crippen molar-refractivity contribution in [2.45, 2.75) is 13.3 Å². The normalized spacial score (nSPS) is 10.3. The Hall–Kier alpha value is -1.29. The molecule has 0 aromatic heterocycles. The fourth-order valence-electron chi connectivity index (χ4n) is 1.51. The molecule has 84 valence electrons. The summed E-state index contributed by atoms with van der Waals surface area (Å²) in [5, 5.41) is 8.75. The van der Waals surface area contributed by atoms with E-state index in [0.29, 0.717) is 18.7 Å². The minimum atomic E-state index is -0.394. The molecule has 0 aliphatic rings. The molecule has 0 radical (unpaired) electrons. The van der Waals surface area contributed by atoms with Gasteiger partial charge < -0.3 is 15.7 Å². The van der Waals surface area contributed by atoms with Gasteiger partial charge in [0.05, 0.1) is 11.4 Å². The molecule has 0 heterocycles. The molecule has 0 aliphatic carbocycles. The third-order valence-corrected chi connectivity index (χ3v) is 2.34. The van der Waals surface area contributed by atoms with E-state index in [-0.39, 0.29) is 12.3 Å². The van der Waals surface area contributed by atoms with Gasteiger partial charge >= 0.3 is 0 Å². The van der Waals surface area contributed by atoms with Crippen LogP contribution < -0.4 is 10.6 Å². The monoisotopic (exact) mass is 212 g/mol. The Labute approximate surface area is 89.3 Å². The van der Waals surface area contributed by atoms with Gasteiger partial charge in [0, 0.05) is 19.7 Å². The zero-order valence-electron chi connectivity index (χ0n) is 8.91. The molecule has 3 N–H and O–H groups in total. The molecule has 0 unspecified atom stereocenters. The molecule has 1 rings (SSSR count). The van der Waals surface area contributed by atoms with Gasteiger partial charge in [0.15, 0.2) is 0 Å². The maximum atomic E-state index is 13.2. The van der Waals surface area contributed by atoms with Gasteiger partial charge in [-0.1, -0.05) is 6.07 Å². The molecular weight excluding hydrogens is 195 g/mol. The van der Waals surface area contributed by atoms with E-state index in [9.17, 15) is 4.39 Å². The van der Waals surface area contributed by atoms with Crippen LogP contribution >= 0.6 is 0 Å². The number of hydrogen-bond acceptors (Lipinski definition) is 3. The molecule has 0 spiro atoms. The number of hydrogen-bond donors (Lipinski definition) is 2. The Kier molecular flexibility index (Phi) is 4.37. The lowest BCUT2D eigenvalue weighted by molar-refractivity contribution is 0.289. The average molecular weight is 212 g/mol. The molecule has 0 saturated carbocycles. The van der Waals surface area contributed by atoms with E-state index in [1.807, 2.05) is 11.8 Å². The summed E-state index contributed by atoms with van der Waals surface area (Å²) in [5.41, 5.74) is 6.53. The number of aliphatic hydroxyl groups excluding tert-OH is 1. The van der Waals surface area contributed by atoms with Gasteiger partial charge in [0.2, 0.25) is 0 Å². The Balaban J connectivity index is 2.86. The molecule has 15 heavy (non-hydrogen) atoms. The van der Waals surface area contributed by atoms with Crippen molar-refractivity contribution in [3.63, 3.8) is 0 Å². The third kappa shape index (κ3) is 2.83. The van der Waals surface area contributed by atoms with Gasteiger partial charge in [-0.3, -0.25) is 0 Å². The molecule has 4 heteroatoms. The molecular formula is C11H17FN2O. The quantitative estimate of drug-likeness (QED) is 0.729. The first-order valence-electron chi connectivity index (χ1n) is 5.10. The first-order valence-corrected chi connectivity index (χ1v) is 5.10. The van der Waals surface area contributed by atoms with Crippen LogP contribution in [0.25, 0.3) is 0 Å². The van der Waals surface area contributed by atoms with Crippen LogP contribution in [0.15, 0.2) is 18.2 Å².